The molecule has 0 aliphatic heterocycles. The number of urea groups is 1. The van der Waals surface area contributed by atoms with Crippen LogP contribution in [-0.4, -0.2) is 23.3 Å². The number of rotatable bonds is 5. The van der Waals surface area contributed by atoms with Crippen molar-refractivity contribution < 1.29 is 9.90 Å². The van der Waals surface area contributed by atoms with Crippen LogP contribution in [0.5, 0.6) is 0 Å². The van der Waals surface area contributed by atoms with E-state index in [0.29, 0.717) is 22.2 Å². The third-order valence-corrected chi connectivity index (χ3v) is 3.42. The Hall–Kier alpha value is -0.970. The van der Waals surface area contributed by atoms with Crippen LogP contribution >= 0.6 is 23.2 Å². The van der Waals surface area contributed by atoms with E-state index in [1.165, 1.54) is 0 Å². The van der Waals surface area contributed by atoms with Crippen LogP contribution in [0.1, 0.15) is 26.7 Å². The fourth-order valence-electron chi connectivity index (χ4n) is 1.64. The molecule has 19 heavy (non-hydrogen) atoms. The summed E-state index contributed by atoms with van der Waals surface area (Å²) >= 11 is 11.7. The van der Waals surface area contributed by atoms with Crippen molar-refractivity contribution in [3.05, 3.63) is 28.2 Å². The minimum Gasteiger partial charge on any atom is -0.396 e. The van der Waals surface area contributed by atoms with Gasteiger partial charge >= 0.3 is 6.03 Å². The van der Waals surface area contributed by atoms with Gasteiger partial charge in [0.2, 0.25) is 0 Å². The second-order valence-corrected chi connectivity index (χ2v) is 5.50. The van der Waals surface area contributed by atoms with Crippen LogP contribution in [0.15, 0.2) is 18.2 Å². The molecule has 0 fully saturated rings. The van der Waals surface area contributed by atoms with E-state index in [1.54, 1.807) is 18.2 Å². The van der Waals surface area contributed by atoms with Gasteiger partial charge in [0.1, 0.15) is 0 Å². The summed E-state index contributed by atoms with van der Waals surface area (Å²) in [5.41, 5.74) is 0.0822. The van der Waals surface area contributed by atoms with Gasteiger partial charge < -0.3 is 15.7 Å². The van der Waals surface area contributed by atoms with Gasteiger partial charge in [0.05, 0.1) is 0 Å². The topological polar surface area (TPSA) is 61.4 Å². The Bertz CT molecular complexity index is 434. The SMILES string of the molecule is CCC(C)(CCO)NC(=O)Nc1cc(Cl)cc(Cl)c1. The second kappa shape index (κ2) is 6.98. The Kier molecular flexibility index (Phi) is 5.91. The van der Waals surface area contributed by atoms with E-state index in [0.717, 1.165) is 6.42 Å². The number of hydrogen-bond donors (Lipinski definition) is 3. The maximum Gasteiger partial charge on any atom is 0.319 e. The average Bonchev–Trinajstić information content (AvgIpc) is 2.27. The quantitative estimate of drug-likeness (QED) is 0.777. The van der Waals surface area contributed by atoms with E-state index in [2.05, 4.69) is 10.6 Å². The van der Waals surface area contributed by atoms with Crippen LogP contribution < -0.4 is 10.6 Å². The molecule has 106 valence electrons. The number of aliphatic hydroxyl groups excluding tert-OH is 1. The fourth-order valence-corrected chi connectivity index (χ4v) is 2.16. The summed E-state index contributed by atoms with van der Waals surface area (Å²) < 4.78 is 0. The van der Waals surface area contributed by atoms with Crippen molar-refractivity contribution in [1.29, 1.82) is 0 Å². The molecule has 0 heterocycles. The predicted octanol–water partition coefficient (Wildman–Crippen LogP) is 3.67. The third-order valence-electron chi connectivity index (χ3n) is 2.98. The fraction of sp³-hybridized carbons (Fsp3) is 0.462. The van der Waals surface area contributed by atoms with Gasteiger partial charge in [-0.3, -0.25) is 0 Å². The molecule has 2 amide bonds. The van der Waals surface area contributed by atoms with Gasteiger partial charge in [0.25, 0.3) is 0 Å². The average molecular weight is 305 g/mol. The minimum absolute atomic E-state index is 0.0214. The molecule has 4 nitrogen and oxygen atoms in total. The van der Waals surface area contributed by atoms with Crippen molar-refractivity contribution in [3.63, 3.8) is 0 Å². The first kappa shape index (κ1) is 16.1. The summed E-state index contributed by atoms with van der Waals surface area (Å²) in [5.74, 6) is 0. The largest absolute Gasteiger partial charge is 0.396 e. The molecule has 0 saturated heterocycles. The van der Waals surface area contributed by atoms with Crippen LogP contribution in [0.4, 0.5) is 10.5 Å². The summed E-state index contributed by atoms with van der Waals surface area (Å²) in [6.07, 6.45) is 1.21. The van der Waals surface area contributed by atoms with E-state index in [4.69, 9.17) is 28.3 Å². The van der Waals surface area contributed by atoms with Gasteiger partial charge in [-0.25, -0.2) is 4.79 Å². The highest BCUT2D eigenvalue weighted by molar-refractivity contribution is 6.35. The zero-order chi connectivity index (χ0) is 14.5. The predicted molar refractivity (Wildman–Crippen MR) is 79.0 cm³/mol. The van der Waals surface area contributed by atoms with Crippen molar-refractivity contribution in [1.82, 2.24) is 5.32 Å². The molecule has 6 heteroatoms. The molecule has 0 saturated carbocycles. The number of amides is 2. The Balaban J connectivity index is 2.69. The van der Waals surface area contributed by atoms with E-state index in [1.807, 2.05) is 13.8 Å². The highest BCUT2D eigenvalue weighted by Gasteiger charge is 2.23. The molecule has 1 rings (SSSR count). The molecular formula is C13H18Cl2N2O2. The van der Waals surface area contributed by atoms with Crippen LogP contribution in [-0.2, 0) is 0 Å². The van der Waals surface area contributed by atoms with Crippen molar-refractivity contribution in [2.75, 3.05) is 11.9 Å². The molecule has 0 bridgehead atoms. The standard InChI is InChI=1S/C13H18Cl2N2O2/c1-3-13(2,4-5-18)17-12(19)16-11-7-9(14)6-10(15)8-11/h6-8,18H,3-5H2,1-2H3,(H2,16,17,19). The first-order chi connectivity index (χ1) is 8.88. The number of aliphatic hydroxyl groups is 1. The molecule has 0 spiro atoms. The smallest absolute Gasteiger partial charge is 0.319 e. The second-order valence-electron chi connectivity index (χ2n) is 4.63. The van der Waals surface area contributed by atoms with Crippen LogP contribution in [0.25, 0.3) is 0 Å². The van der Waals surface area contributed by atoms with Gasteiger partial charge in [-0.1, -0.05) is 30.1 Å². The first-order valence-corrected chi connectivity index (χ1v) is 6.80. The van der Waals surface area contributed by atoms with Crippen molar-refractivity contribution in [2.24, 2.45) is 0 Å². The van der Waals surface area contributed by atoms with Gasteiger partial charge in [0.15, 0.2) is 0 Å². The molecule has 1 aromatic carbocycles. The van der Waals surface area contributed by atoms with E-state index in [-0.39, 0.29) is 12.6 Å². The lowest BCUT2D eigenvalue weighted by molar-refractivity contribution is 0.208. The van der Waals surface area contributed by atoms with Crippen LogP contribution in [0.2, 0.25) is 10.0 Å². The number of carbonyl (C=O) groups is 1. The summed E-state index contributed by atoms with van der Waals surface area (Å²) in [7, 11) is 0. The molecule has 1 unspecified atom stereocenters. The maximum atomic E-state index is 11.9. The summed E-state index contributed by atoms with van der Waals surface area (Å²) in [5, 5.41) is 15.4. The zero-order valence-corrected chi connectivity index (χ0v) is 12.5. The minimum atomic E-state index is -0.443. The van der Waals surface area contributed by atoms with E-state index in [9.17, 15) is 4.79 Å². The summed E-state index contributed by atoms with van der Waals surface area (Å²) in [6.45, 7) is 3.85. The highest BCUT2D eigenvalue weighted by Crippen LogP contribution is 2.22. The van der Waals surface area contributed by atoms with Crippen molar-refractivity contribution >= 4 is 34.9 Å². The molecule has 0 aromatic heterocycles. The van der Waals surface area contributed by atoms with Crippen molar-refractivity contribution in [3.8, 4) is 0 Å². The monoisotopic (exact) mass is 304 g/mol. The Morgan fingerprint density at radius 3 is 2.37 bits per heavy atom. The number of carbonyl (C=O) groups excluding carboxylic acids is 1. The van der Waals surface area contributed by atoms with E-state index >= 15 is 0 Å². The lowest BCUT2D eigenvalue weighted by Gasteiger charge is -2.29. The van der Waals surface area contributed by atoms with Crippen LogP contribution in [0, 0.1) is 0 Å². The molecule has 0 aliphatic rings. The van der Waals surface area contributed by atoms with E-state index < -0.39 is 5.54 Å². The molecule has 0 aliphatic carbocycles. The van der Waals surface area contributed by atoms with Gasteiger partial charge in [0, 0.05) is 27.9 Å². The Labute approximate surface area is 123 Å². The van der Waals surface area contributed by atoms with Crippen molar-refractivity contribution in [2.45, 2.75) is 32.2 Å². The first-order valence-electron chi connectivity index (χ1n) is 6.04. The maximum absolute atomic E-state index is 11.9. The molecule has 1 atom stereocenters. The number of anilines is 1. The van der Waals surface area contributed by atoms with Gasteiger partial charge in [-0.2, -0.15) is 0 Å². The normalized spacial score (nSPS) is 13.7. The summed E-state index contributed by atoms with van der Waals surface area (Å²) in [4.78, 5) is 11.9. The Morgan fingerprint density at radius 2 is 1.89 bits per heavy atom. The molecule has 0 radical (unpaired) electrons. The zero-order valence-electron chi connectivity index (χ0n) is 11.0. The number of benzene rings is 1. The summed E-state index contributed by atoms with van der Waals surface area (Å²) in [6, 6.07) is 4.47. The van der Waals surface area contributed by atoms with Crippen LogP contribution in [0.3, 0.4) is 0 Å². The molecular weight excluding hydrogens is 287 g/mol. The lowest BCUT2D eigenvalue weighted by atomic mass is 9.95. The molecule has 3 N–H and O–H groups in total. The van der Waals surface area contributed by atoms with Gasteiger partial charge in [-0.05, 0) is 38.0 Å². The Morgan fingerprint density at radius 1 is 1.32 bits per heavy atom. The lowest BCUT2D eigenvalue weighted by Crippen LogP contribution is -2.48. The van der Waals surface area contributed by atoms with Gasteiger partial charge in [-0.15, -0.1) is 0 Å². The number of nitrogens with one attached hydrogen (secondary N) is 2. The number of hydrogen-bond acceptors (Lipinski definition) is 2. The number of halogens is 2. The molecule has 1 aromatic rings. The third kappa shape index (κ3) is 5.27. The highest BCUT2D eigenvalue weighted by atomic mass is 35.5.